The van der Waals surface area contributed by atoms with Crippen molar-refractivity contribution < 1.29 is 14.3 Å². The highest BCUT2D eigenvalue weighted by atomic mass is 19.1. The molecule has 0 unspecified atom stereocenters. The second kappa shape index (κ2) is 5.14. The molecule has 0 saturated heterocycles. The van der Waals surface area contributed by atoms with Gasteiger partial charge in [0.25, 0.3) is 0 Å². The summed E-state index contributed by atoms with van der Waals surface area (Å²) in [5, 5.41) is 14.0. The van der Waals surface area contributed by atoms with Gasteiger partial charge in [-0.25, -0.2) is 14.6 Å². The summed E-state index contributed by atoms with van der Waals surface area (Å²) in [5.41, 5.74) is 0. The molecule has 2 N–H and O–H groups in total. The van der Waals surface area contributed by atoms with Gasteiger partial charge in [-0.2, -0.15) is 0 Å². The monoisotopic (exact) mass is 155 g/mol. The Morgan fingerprint density at radius 1 is 1.55 bits per heavy atom. The summed E-state index contributed by atoms with van der Waals surface area (Å²) in [4.78, 5) is 8.35. The predicted octanol–water partition coefficient (Wildman–Crippen LogP) is 1.43. The second-order valence-corrected chi connectivity index (χ2v) is 1.58. The Kier molecular flexibility index (Phi) is 4.36. The van der Waals surface area contributed by atoms with Crippen LogP contribution in [0.1, 0.15) is 0 Å². The van der Waals surface area contributed by atoms with Crippen molar-refractivity contribution in [3.8, 4) is 5.75 Å². The molecule has 0 saturated carbocycles. The molecule has 1 aromatic rings. The van der Waals surface area contributed by atoms with E-state index in [4.69, 9.17) is 15.3 Å². The number of halogens is 1. The summed E-state index contributed by atoms with van der Waals surface area (Å²) in [7, 11) is 0. The standard InChI is InChI=1S/C6H5FO.CHNO/c7-5-2-1-3-6(8)4-5;2-1-3/h1-4,8H;2H. The van der Waals surface area contributed by atoms with E-state index >= 15 is 0 Å². The average molecular weight is 155 g/mol. The summed E-state index contributed by atoms with van der Waals surface area (Å²) in [5.74, 6) is -0.449. The van der Waals surface area contributed by atoms with Gasteiger partial charge in [-0.3, -0.25) is 0 Å². The molecule has 58 valence electrons. The van der Waals surface area contributed by atoms with Crippen LogP contribution in [0, 0.1) is 11.2 Å². The van der Waals surface area contributed by atoms with Gasteiger partial charge in [0.05, 0.1) is 0 Å². The van der Waals surface area contributed by atoms with Crippen molar-refractivity contribution in [1.29, 1.82) is 5.41 Å². The third-order valence-electron chi connectivity index (χ3n) is 0.808. The fraction of sp³-hybridized carbons (Fsp3) is 0. The van der Waals surface area contributed by atoms with Crippen molar-refractivity contribution >= 4 is 6.08 Å². The SMILES string of the molecule is N=C=O.Oc1cccc(F)c1. The molecule has 0 heterocycles. The molecule has 0 radical (unpaired) electrons. The molecule has 0 spiro atoms. The number of hydrogen-bond donors (Lipinski definition) is 2. The molecule has 0 aromatic heterocycles. The van der Waals surface area contributed by atoms with E-state index in [-0.39, 0.29) is 5.75 Å². The van der Waals surface area contributed by atoms with Crippen LogP contribution in [0.5, 0.6) is 5.75 Å². The minimum absolute atomic E-state index is 0.0370. The number of aromatic hydroxyl groups is 1. The summed E-state index contributed by atoms with van der Waals surface area (Å²) in [6.45, 7) is 0. The molecule has 0 aliphatic heterocycles. The highest BCUT2D eigenvalue weighted by Crippen LogP contribution is 2.07. The molecule has 11 heavy (non-hydrogen) atoms. The lowest BCUT2D eigenvalue weighted by atomic mass is 10.3. The van der Waals surface area contributed by atoms with Crippen LogP contribution in [0.3, 0.4) is 0 Å². The van der Waals surface area contributed by atoms with Gasteiger partial charge in [0.15, 0.2) is 0 Å². The molecule has 0 aliphatic carbocycles. The molecule has 0 bridgehead atoms. The second-order valence-electron chi connectivity index (χ2n) is 1.58. The number of carbonyl (C=O) groups excluding carboxylic acids is 1. The van der Waals surface area contributed by atoms with Crippen molar-refractivity contribution in [2.75, 3.05) is 0 Å². The number of rotatable bonds is 0. The van der Waals surface area contributed by atoms with Gasteiger partial charge < -0.3 is 5.11 Å². The molecular formula is C7H6FNO2. The quantitative estimate of drug-likeness (QED) is 0.439. The van der Waals surface area contributed by atoms with E-state index in [9.17, 15) is 4.39 Å². The molecule has 0 fully saturated rings. The number of phenols is 1. The van der Waals surface area contributed by atoms with E-state index in [1.54, 1.807) is 0 Å². The molecule has 0 aliphatic rings. The van der Waals surface area contributed by atoms with Gasteiger partial charge in [-0.15, -0.1) is 0 Å². The van der Waals surface area contributed by atoms with Crippen LogP contribution in [0.15, 0.2) is 24.3 Å². The van der Waals surface area contributed by atoms with Crippen LogP contribution in [0.2, 0.25) is 0 Å². The summed E-state index contributed by atoms with van der Waals surface area (Å²) >= 11 is 0. The third kappa shape index (κ3) is 4.81. The van der Waals surface area contributed by atoms with Gasteiger partial charge in [0, 0.05) is 6.07 Å². The zero-order chi connectivity index (χ0) is 8.69. The van der Waals surface area contributed by atoms with Gasteiger partial charge in [0.1, 0.15) is 11.6 Å². The first-order chi connectivity index (χ1) is 5.20. The van der Waals surface area contributed by atoms with E-state index < -0.39 is 5.82 Å². The van der Waals surface area contributed by atoms with Crippen molar-refractivity contribution in [2.24, 2.45) is 0 Å². The van der Waals surface area contributed by atoms with Crippen LogP contribution in [-0.4, -0.2) is 11.2 Å². The highest BCUT2D eigenvalue weighted by molar-refractivity contribution is 5.26. The van der Waals surface area contributed by atoms with E-state index in [1.807, 2.05) is 0 Å². The van der Waals surface area contributed by atoms with Crippen molar-refractivity contribution in [2.45, 2.75) is 0 Å². The smallest absolute Gasteiger partial charge is 0.231 e. The first-order valence-electron chi connectivity index (χ1n) is 2.69. The number of isocyanates is 1. The minimum Gasteiger partial charge on any atom is -0.508 e. The Morgan fingerprint density at radius 2 is 2.09 bits per heavy atom. The maximum Gasteiger partial charge on any atom is 0.231 e. The minimum atomic E-state index is -0.412. The maximum atomic E-state index is 12.0. The lowest BCUT2D eigenvalue weighted by molar-refractivity contribution is 0.469. The Hall–Kier alpha value is -1.67. The summed E-state index contributed by atoms with van der Waals surface area (Å²) in [6, 6.07) is 5.20. The number of nitrogens with one attached hydrogen (secondary N) is 1. The molecule has 3 nitrogen and oxygen atoms in total. The van der Waals surface area contributed by atoms with Crippen LogP contribution >= 0.6 is 0 Å². The van der Waals surface area contributed by atoms with Crippen LogP contribution in [0.4, 0.5) is 4.39 Å². The van der Waals surface area contributed by atoms with E-state index in [2.05, 4.69) is 0 Å². The predicted molar refractivity (Wildman–Crippen MR) is 36.5 cm³/mol. The molecule has 1 aromatic carbocycles. The highest BCUT2D eigenvalue weighted by Gasteiger charge is 1.86. The normalized spacial score (nSPS) is 7.36. The van der Waals surface area contributed by atoms with Gasteiger partial charge in [-0.05, 0) is 12.1 Å². The first-order valence-corrected chi connectivity index (χ1v) is 2.69. The van der Waals surface area contributed by atoms with Crippen molar-refractivity contribution in [1.82, 2.24) is 0 Å². The largest absolute Gasteiger partial charge is 0.508 e. The van der Waals surface area contributed by atoms with E-state index in [0.717, 1.165) is 12.1 Å². The van der Waals surface area contributed by atoms with Crippen LogP contribution in [-0.2, 0) is 4.79 Å². The zero-order valence-corrected chi connectivity index (χ0v) is 5.54. The van der Waals surface area contributed by atoms with Gasteiger partial charge in [-0.1, -0.05) is 6.07 Å². The van der Waals surface area contributed by atoms with Gasteiger partial charge >= 0.3 is 0 Å². The first kappa shape index (κ1) is 9.33. The Balaban J connectivity index is 0.000000292. The average Bonchev–Trinajstić information content (AvgIpc) is 1.88. The van der Waals surface area contributed by atoms with E-state index in [1.165, 1.54) is 18.2 Å². The molecule has 4 heteroatoms. The summed E-state index contributed by atoms with van der Waals surface area (Å²) < 4.78 is 12.0. The Labute approximate surface area is 62.6 Å². The lowest BCUT2D eigenvalue weighted by Gasteiger charge is -1.86. The Morgan fingerprint density at radius 3 is 2.36 bits per heavy atom. The fourth-order valence-corrected chi connectivity index (χ4v) is 0.476. The van der Waals surface area contributed by atoms with E-state index in [0.29, 0.717) is 0 Å². The summed E-state index contributed by atoms with van der Waals surface area (Å²) in [6.07, 6.45) is 0.750. The number of phenolic OH excluding ortho intramolecular Hbond substituents is 1. The van der Waals surface area contributed by atoms with Gasteiger partial charge in [0.2, 0.25) is 6.08 Å². The number of benzene rings is 1. The molecule has 1 rings (SSSR count). The lowest BCUT2D eigenvalue weighted by Crippen LogP contribution is -1.68. The Bertz CT molecular complexity index is 239. The number of hydrogen-bond acceptors (Lipinski definition) is 3. The molecule has 0 amide bonds. The molecule has 0 atom stereocenters. The topological polar surface area (TPSA) is 61.2 Å². The van der Waals surface area contributed by atoms with Crippen LogP contribution in [0.25, 0.3) is 0 Å². The third-order valence-corrected chi connectivity index (χ3v) is 0.808. The maximum absolute atomic E-state index is 12.0. The zero-order valence-electron chi connectivity index (χ0n) is 5.54. The fourth-order valence-electron chi connectivity index (χ4n) is 0.476. The molecular weight excluding hydrogens is 149 g/mol. The van der Waals surface area contributed by atoms with Crippen molar-refractivity contribution in [3.05, 3.63) is 30.1 Å². The van der Waals surface area contributed by atoms with Crippen molar-refractivity contribution in [3.63, 3.8) is 0 Å². The van der Waals surface area contributed by atoms with Crippen LogP contribution < -0.4 is 0 Å².